The van der Waals surface area contributed by atoms with Gasteiger partial charge in [-0.3, -0.25) is 9.78 Å². The molecule has 4 nitrogen and oxygen atoms in total. The summed E-state index contributed by atoms with van der Waals surface area (Å²) in [6.07, 6.45) is 18.9. The average Bonchev–Trinajstić information content (AvgIpc) is 3.42. The van der Waals surface area contributed by atoms with E-state index in [9.17, 15) is 4.79 Å². The van der Waals surface area contributed by atoms with Crippen LogP contribution >= 0.6 is 0 Å². The van der Waals surface area contributed by atoms with Crippen LogP contribution in [0.25, 0.3) is 5.57 Å². The fraction of sp³-hybridized carbons (Fsp3) is 0.520. The summed E-state index contributed by atoms with van der Waals surface area (Å²) in [5.41, 5.74) is 4.13. The summed E-state index contributed by atoms with van der Waals surface area (Å²) in [4.78, 5) is 17.8. The Bertz CT molecular complexity index is 818. The highest BCUT2D eigenvalue weighted by molar-refractivity contribution is 5.75. The van der Waals surface area contributed by atoms with Gasteiger partial charge in [-0.05, 0) is 68.7 Å². The van der Waals surface area contributed by atoms with E-state index in [2.05, 4.69) is 47.6 Å². The van der Waals surface area contributed by atoms with E-state index in [1.807, 2.05) is 23.4 Å². The van der Waals surface area contributed by atoms with E-state index in [4.69, 9.17) is 0 Å². The molecule has 3 aliphatic rings. The topological polar surface area (TPSA) is 45.2 Å². The molecule has 1 saturated carbocycles. The SMILES string of the molecule is CC(=O)N1CCC(CNC2CC23/C=C/C(c2cccnc2)=C\C=C(/C)CC3)CC1. The zero-order valence-corrected chi connectivity index (χ0v) is 17.7. The van der Waals surface area contributed by atoms with E-state index in [1.54, 1.807) is 6.92 Å². The van der Waals surface area contributed by atoms with Crippen LogP contribution in [-0.2, 0) is 4.79 Å². The lowest BCUT2D eigenvalue weighted by Crippen LogP contribution is -2.40. The minimum Gasteiger partial charge on any atom is -0.343 e. The van der Waals surface area contributed by atoms with Gasteiger partial charge in [0.25, 0.3) is 0 Å². The van der Waals surface area contributed by atoms with Crippen molar-refractivity contribution in [2.45, 2.75) is 52.0 Å². The van der Waals surface area contributed by atoms with Crippen molar-refractivity contribution in [2.24, 2.45) is 11.3 Å². The van der Waals surface area contributed by atoms with Crippen LogP contribution in [0.4, 0.5) is 0 Å². The molecule has 1 aromatic rings. The molecular formula is C25H33N3O. The minimum absolute atomic E-state index is 0.217. The predicted molar refractivity (Wildman–Crippen MR) is 118 cm³/mol. The smallest absolute Gasteiger partial charge is 0.219 e. The number of hydrogen-bond acceptors (Lipinski definition) is 3. The third kappa shape index (κ3) is 4.87. The van der Waals surface area contributed by atoms with Crippen LogP contribution in [0, 0.1) is 11.3 Å². The highest BCUT2D eigenvalue weighted by Crippen LogP contribution is 2.52. The van der Waals surface area contributed by atoms with E-state index in [0.29, 0.717) is 12.0 Å². The van der Waals surface area contributed by atoms with Gasteiger partial charge in [0.15, 0.2) is 0 Å². The molecule has 1 spiro atoms. The van der Waals surface area contributed by atoms with Crippen LogP contribution in [0.1, 0.15) is 51.5 Å². The Morgan fingerprint density at radius 3 is 2.86 bits per heavy atom. The molecule has 154 valence electrons. The monoisotopic (exact) mass is 391 g/mol. The lowest BCUT2D eigenvalue weighted by atomic mass is 9.94. The molecule has 1 saturated heterocycles. The first-order valence-corrected chi connectivity index (χ1v) is 11.0. The lowest BCUT2D eigenvalue weighted by molar-refractivity contribution is -0.130. The first kappa shape index (κ1) is 20.1. The third-order valence-corrected chi connectivity index (χ3v) is 6.95. The van der Waals surface area contributed by atoms with Crippen molar-refractivity contribution in [3.8, 4) is 0 Å². The number of hydrogen-bond donors (Lipinski definition) is 1. The zero-order chi connectivity index (χ0) is 20.3. The molecule has 0 radical (unpaired) electrons. The number of carbonyl (C=O) groups is 1. The molecule has 1 aliphatic heterocycles. The number of rotatable bonds is 4. The van der Waals surface area contributed by atoms with Gasteiger partial charge in [-0.1, -0.05) is 35.9 Å². The van der Waals surface area contributed by atoms with E-state index in [-0.39, 0.29) is 11.3 Å². The number of carbonyl (C=O) groups excluding carboxylic acids is 1. The van der Waals surface area contributed by atoms with Gasteiger partial charge in [-0.2, -0.15) is 0 Å². The Morgan fingerprint density at radius 1 is 1.31 bits per heavy atom. The Balaban J connectivity index is 1.38. The molecule has 4 heteroatoms. The van der Waals surface area contributed by atoms with Crippen molar-refractivity contribution >= 4 is 11.5 Å². The first-order valence-electron chi connectivity index (χ1n) is 11.0. The molecule has 4 rings (SSSR count). The van der Waals surface area contributed by atoms with E-state index < -0.39 is 0 Å². The molecule has 1 aromatic heterocycles. The van der Waals surface area contributed by atoms with Gasteiger partial charge in [0, 0.05) is 43.9 Å². The molecular weight excluding hydrogens is 358 g/mol. The summed E-state index contributed by atoms with van der Waals surface area (Å²) in [5, 5.41) is 3.86. The standard InChI is InChI=1S/C25H33N3O/c1-19-5-6-22(23-4-3-13-26-18-23)8-12-25(11-7-19)16-24(25)27-17-21-9-14-28(15-10-21)20(2)29/h3-6,8,12-13,18,21,24,27H,7,9-11,14-17H2,1-2H3/b12-8+,19-5+,22-6+. The molecule has 2 atom stereocenters. The molecule has 29 heavy (non-hydrogen) atoms. The highest BCUT2D eigenvalue weighted by Gasteiger charge is 2.51. The van der Waals surface area contributed by atoms with Gasteiger partial charge in [-0.15, -0.1) is 0 Å². The van der Waals surface area contributed by atoms with Crippen molar-refractivity contribution < 1.29 is 4.79 Å². The van der Waals surface area contributed by atoms with Gasteiger partial charge < -0.3 is 10.2 Å². The Kier molecular flexibility index (Phi) is 6.00. The summed E-state index contributed by atoms with van der Waals surface area (Å²) in [7, 11) is 0. The molecule has 2 unspecified atom stereocenters. The molecule has 1 N–H and O–H groups in total. The predicted octanol–water partition coefficient (Wildman–Crippen LogP) is 4.37. The second-order valence-electron chi connectivity index (χ2n) is 9.06. The van der Waals surface area contributed by atoms with Crippen LogP contribution in [-0.4, -0.2) is 41.5 Å². The quantitative estimate of drug-likeness (QED) is 0.829. The fourth-order valence-electron chi connectivity index (χ4n) is 4.68. The molecule has 2 aliphatic carbocycles. The van der Waals surface area contributed by atoms with Gasteiger partial charge in [0.05, 0.1) is 0 Å². The second kappa shape index (κ2) is 8.66. The van der Waals surface area contributed by atoms with Crippen molar-refractivity contribution in [1.29, 1.82) is 0 Å². The normalized spacial score (nSPS) is 32.3. The number of allylic oxidation sites excluding steroid dienone is 5. The summed E-state index contributed by atoms with van der Waals surface area (Å²) in [6.45, 7) is 6.83. The minimum atomic E-state index is 0.217. The van der Waals surface area contributed by atoms with Gasteiger partial charge in [0.2, 0.25) is 5.91 Å². The van der Waals surface area contributed by atoms with Crippen molar-refractivity contribution in [2.75, 3.05) is 19.6 Å². The Labute approximate surface area is 174 Å². The summed E-state index contributed by atoms with van der Waals surface area (Å²) < 4.78 is 0. The summed E-state index contributed by atoms with van der Waals surface area (Å²) in [6, 6.07) is 4.71. The maximum Gasteiger partial charge on any atom is 0.219 e. The van der Waals surface area contributed by atoms with Crippen LogP contribution in [0.3, 0.4) is 0 Å². The maximum atomic E-state index is 11.5. The third-order valence-electron chi connectivity index (χ3n) is 6.95. The lowest BCUT2D eigenvalue weighted by Gasteiger charge is -2.31. The van der Waals surface area contributed by atoms with Gasteiger partial charge in [-0.25, -0.2) is 0 Å². The molecule has 2 fully saturated rings. The fourth-order valence-corrected chi connectivity index (χ4v) is 4.68. The number of likely N-dealkylation sites (tertiary alicyclic amines) is 1. The number of nitrogens with one attached hydrogen (secondary N) is 1. The largest absolute Gasteiger partial charge is 0.343 e. The molecule has 1 amide bonds. The molecule has 0 bridgehead atoms. The number of piperidine rings is 1. The Morgan fingerprint density at radius 2 is 2.14 bits per heavy atom. The number of amides is 1. The highest BCUT2D eigenvalue weighted by atomic mass is 16.2. The van der Waals surface area contributed by atoms with Crippen molar-refractivity contribution in [3.63, 3.8) is 0 Å². The number of aromatic nitrogens is 1. The second-order valence-corrected chi connectivity index (χ2v) is 9.06. The molecule has 0 aromatic carbocycles. The van der Waals surface area contributed by atoms with Crippen molar-refractivity contribution in [1.82, 2.24) is 15.2 Å². The number of nitrogens with zero attached hydrogens (tertiary/aromatic N) is 2. The number of pyridine rings is 1. The van der Waals surface area contributed by atoms with E-state index in [1.165, 1.54) is 29.6 Å². The summed E-state index contributed by atoms with van der Waals surface area (Å²) in [5.74, 6) is 0.908. The summed E-state index contributed by atoms with van der Waals surface area (Å²) >= 11 is 0. The van der Waals surface area contributed by atoms with Crippen LogP contribution in [0.15, 0.2) is 54.4 Å². The van der Waals surface area contributed by atoms with Crippen molar-refractivity contribution in [3.05, 3.63) is 60.0 Å². The van der Waals surface area contributed by atoms with E-state index in [0.717, 1.165) is 38.9 Å². The Hall–Kier alpha value is -2.20. The average molecular weight is 392 g/mol. The molecule has 2 heterocycles. The van der Waals surface area contributed by atoms with Gasteiger partial charge in [0.1, 0.15) is 0 Å². The van der Waals surface area contributed by atoms with Gasteiger partial charge >= 0.3 is 0 Å². The zero-order valence-electron chi connectivity index (χ0n) is 17.7. The van der Waals surface area contributed by atoms with Crippen LogP contribution < -0.4 is 5.32 Å². The van der Waals surface area contributed by atoms with Crippen LogP contribution in [0.2, 0.25) is 0 Å². The first-order chi connectivity index (χ1) is 14.1. The van der Waals surface area contributed by atoms with Crippen LogP contribution in [0.5, 0.6) is 0 Å². The van der Waals surface area contributed by atoms with E-state index >= 15 is 0 Å². The maximum absolute atomic E-state index is 11.5.